The smallest absolute Gasteiger partial charge is 0.173 e. The molecule has 2 heterocycles. The number of amidine groups is 1. The topological polar surface area (TPSA) is 78.0 Å². The lowest BCUT2D eigenvalue weighted by atomic mass is 10.2. The van der Waals surface area contributed by atoms with Gasteiger partial charge in [-0.05, 0) is 26.1 Å². The zero-order chi connectivity index (χ0) is 13.1. The van der Waals surface area contributed by atoms with Gasteiger partial charge in [0.1, 0.15) is 5.82 Å². The largest absolute Gasteiger partial charge is 0.409 e. The molecule has 0 amide bonds. The number of piperazine rings is 1. The van der Waals surface area contributed by atoms with E-state index in [-0.39, 0.29) is 5.84 Å². The van der Waals surface area contributed by atoms with Crippen LogP contribution in [0.1, 0.15) is 11.3 Å². The van der Waals surface area contributed by atoms with E-state index in [1.165, 1.54) is 0 Å². The highest BCUT2D eigenvalue weighted by molar-refractivity contribution is 6.01. The molecule has 0 atom stereocenters. The summed E-state index contributed by atoms with van der Waals surface area (Å²) in [7, 11) is 2.10. The minimum Gasteiger partial charge on any atom is -0.409 e. The normalized spacial score (nSPS) is 18.1. The van der Waals surface area contributed by atoms with E-state index in [9.17, 15) is 0 Å². The van der Waals surface area contributed by atoms with Crippen LogP contribution in [-0.4, -0.2) is 54.2 Å². The predicted octanol–water partition coefficient (Wildman–Crippen LogP) is 0.236. The standard InChI is InChI=1S/C12H19N5O/c1-9-3-4-10(11(13)15-18)12(14-9)17-7-5-16(2)6-8-17/h3-4,18H,5-8H2,1-2H3,(H2,13,15). The molecule has 6 nitrogen and oxygen atoms in total. The molecule has 0 unspecified atom stereocenters. The molecule has 1 aromatic heterocycles. The molecule has 0 spiro atoms. The third-order valence-electron chi connectivity index (χ3n) is 3.20. The molecular formula is C12H19N5O. The molecule has 1 aliphatic rings. The summed E-state index contributed by atoms with van der Waals surface area (Å²) in [6, 6.07) is 3.72. The third-order valence-corrected chi connectivity index (χ3v) is 3.20. The van der Waals surface area contributed by atoms with Crippen LogP contribution in [0.15, 0.2) is 17.3 Å². The first-order valence-electron chi connectivity index (χ1n) is 6.01. The first-order valence-corrected chi connectivity index (χ1v) is 6.01. The number of hydrogen-bond donors (Lipinski definition) is 2. The van der Waals surface area contributed by atoms with Crippen molar-refractivity contribution in [1.82, 2.24) is 9.88 Å². The fourth-order valence-corrected chi connectivity index (χ4v) is 2.06. The SMILES string of the molecule is Cc1ccc(C(N)=NO)c(N2CCN(C)CC2)n1. The number of likely N-dealkylation sites (N-methyl/N-ethyl adjacent to an activating group) is 1. The van der Waals surface area contributed by atoms with E-state index >= 15 is 0 Å². The fraction of sp³-hybridized carbons (Fsp3) is 0.500. The Kier molecular flexibility index (Phi) is 3.66. The molecule has 0 aromatic carbocycles. The number of rotatable bonds is 2. The molecule has 6 heteroatoms. The fourth-order valence-electron chi connectivity index (χ4n) is 2.06. The van der Waals surface area contributed by atoms with E-state index in [1.807, 2.05) is 19.1 Å². The molecule has 98 valence electrons. The summed E-state index contributed by atoms with van der Waals surface area (Å²) < 4.78 is 0. The zero-order valence-corrected chi connectivity index (χ0v) is 10.8. The van der Waals surface area contributed by atoms with Crippen LogP contribution in [0.2, 0.25) is 0 Å². The molecule has 1 aliphatic heterocycles. The van der Waals surface area contributed by atoms with E-state index in [0.717, 1.165) is 37.7 Å². The maximum Gasteiger partial charge on any atom is 0.173 e. The van der Waals surface area contributed by atoms with Crippen LogP contribution < -0.4 is 10.6 Å². The first-order chi connectivity index (χ1) is 8.61. The van der Waals surface area contributed by atoms with Gasteiger partial charge >= 0.3 is 0 Å². The number of aromatic nitrogens is 1. The second kappa shape index (κ2) is 5.22. The summed E-state index contributed by atoms with van der Waals surface area (Å²) in [5.74, 6) is 0.912. The van der Waals surface area contributed by atoms with Gasteiger partial charge in [0.25, 0.3) is 0 Å². The van der Waals surface area contributed by atoms with Crippen molar-refractivity contribution in [2.75, 3.05) is 38.1 Å². The van der Waals surface area contributed by atoms with Crippen LogP contribution in [0.5, 0.6) is 0 Å². The Morgan fingerprint density at radius 1 is 1.33 bits per heavy atom. The molecule has 1 fully saturated rings. The summed E-state index contributed by atoms with van der Waals surface area (Å²) in [4.78, 5) is 8.98. The van der Waals surface area contributed by atoms with E-state index < -0.39 is 0 Å². The summed E-state index contributed by atoms with van der Waals surface area (Å²) in [5, 5.41) is 11.9. The van der Waals surface area contributed by atoms with Crippen LogP contribution in [0.4, 0.5) is 5.82 Å². The number of pyridine rings is 1. The number of nitrogens with two attached hydrogens (primary N) is 1. The summed E-state index contributed by atoms with van der Waals surface area (Å²) in [6.45, 7) is 5.73. The second-order valence-corrected chi connectivity index (χ2v) is 4.60. The number of oxime groups is 1. The Hall–Kier alpha value is -1.82. The van der Waals surface area contributed by atoms with Crippen molar-refractivity contribution in [3.05, 3.63) is 23.4 Å². The van der Waals surface area contributed by atoms with Gasteiger partial charge < -0.3 is 20.7 Å². The van der Waals surface area contributed by atoms with Crippen molar-refractivity contribution >= 4 is 11.7 Å². The van der Waals surface area contributed by atoms with E-state index in [1.54, 1.807) is 0 Å². The van der Waals surface area contributed by atoms with Crippen LogP contribution in [0, 0.1) is 6.92 Å². The minimum absolute atomic E-state index is 0.108. The second-order valence-electron chi connectivity index (χ2n) is 4.60. The highest BCUT2D eigenvalue weighted by Crippen LogP contribution is 2.19. The van der Waals surface area contributed by atoms with Crippen molar-refractivity contribution in [1.29, 1.82) is 0 Å². The molecule has 1 aromatic rings. The molecule has 0 bridgehead atoms. The number of hydrogen-bond acceptors (Lipinski definition) is 5. The van der Waals surface area contributed by atoms with Crippen molar-refractivity contribution in [2.24, 2.45) is 10.9 Å². The molecule has 3 N–H and O–H groups in total. The Bertz CT molecular complexity index is 452. The lowest BCUT2D eigenvalue weighted by Gasteiger charge is -2.34. The predicted molar refractivity (Wildman–Crippen MR) is 71.2 cm³/mol. The van der Waals surface area contributed by atoms with Gasteiger partial charge in [-0.2, -0.15) is 0 Å². The molecule has 0 radical (unpaired) electrons. The molecule has 2 rings (SSSR count). The molecular weight excluding hydrogens is 230 g/mol. The highest BCUT2D eigenvalue weighted by Gasteiger charge is 2.19. The Morgan fingerprint density at radius 3 is 2.61 bits per heavy atom. The Labute approximate surface area is 107 Å². The lowest BCUT2D eigenvalue weighted by Crippen LogP contribution is -2.45. The van der Waals surface area contributed by atoms with E-state index in [4.69, 9.17) is 10.9 Å². The molecule has 18 heavy (non-hydrogen) atoms. The van der Waals surface area contributed by atoms with Crippen LogP contribution in [0.25, 0.3) is 0 Å². The quantitative estimate of drug-likeness (QED) is 0.340. The minimum atomic E-state index is 0.108. The van der Waals surface area contributed by atoms with Gasteiger partial charge in [-0.1, -0.05) is 5.16 Å². The summed E-state index contributed by atoms with van der Waals surface area (Å²) in [5.41, 5.74) is 7.32. The first kappa shape index (κ1) is 12.6. The average Bonchev–Trinajstić information content (AvgIpc) is 2.38. The van der Waals surface area contributed by atoms with E-state index in [0.29, 0.717) is 5.56 Å². The number of aryl methyl sites for hydroxylation is 1. The monoisotopic (exact) mass is 249 g/mol. The Balaban J connectivity index is 2.33. The average molecular weight is 249 g/mol. The van der Waals surface area contributed by atoms with Gasteiger partial charge in [-0.25, -0.2) is 4.98 Å². The van der Waals surface area contributed by atoms with Gasteiger partial charge in [0.05, 0.1) is 5.56 Å². The van der Waals surface area contributed by atoms with Crippen molar-refractivity contribution < 1.29 is 5.21 Å². The van der Waals surface area contributed by atoms with Gasteiger partial charge in [0.15, 0.2) is 5.84 Å². The van der Waals surface area contributed by atoms with Gasteiger partial charge in [-0.3, -0.25) is 0 Å². The van der Waals surface area contributed by atoms with Crippen molar-refractivity contribution in [3.63, 3.8) is 0 Å². The van der Waals surface area contributed by atoms with E-state index in [2.05, 4.69) is 27.0 Å². The van der Waals surface area contributed by atoms with Crippen LogP contribution in [-0.2, 0) is 0 Å². The summed E-state index contributed by atoms with van der Waals surface area (Å²) in [6.07, 6.45) is 0. The van der Waals surface area contributed by atoms with Gasteiger partial charge in [0.2, 0.25) is 0 Å². The molecule has 0 aliphatic carbocycles. The maximum atomic E-state index is 8.83. The molecule has 0 saturated carbocycles. The number of nitrogens with zero attached hydrogens (tertiary/aromatic N) is 4. The van der Waals surface area contributed by atoms with Crippen molar-refractivity contribution in [2.45, 2.75) is 6.92 Å². The van der Waals surface area contributed by atoms with Crippen LogP contribution in [0.3, 0.4) is 0 Å². The van der Waals surface area contributed by atoms with Crippen LogP contribution >= 0.6 is 0 Å². The third kappa shape index (κ3) is 2.53. The highest BCUT2D eigenvalue weighted by atomic mass is 16.4. The number of anilines is 1. The zero-order valence-electron chi connectivity index (χ0n) is 10.8. The maximum absolute atomic E-state index is 8.83. The van der Waals surface area contributed by atoms with Crippen molar-refractivity contribution in [3.8, 4) is 0 Å². The van der Waals surface area contributed by atoms with Gasteiger partial charge in [-0.15, -0.1) is 0 Å². The molecule has 1 saturated heterocycles. The Morgan fingerprint density at radius 2 is 2.00 bits per heavy atom. The summed E-state index contributed by atoms with van der Waals surface area (Å²) >= 11 is 0. The van der Waals surface area contributed by atoms with Gasteiger partial charge in [0, 0.05) is 31.9 Å². The lowest BCUT2D eigenvalue weighted by molar-refractivity contribution is 0.311.